The van der Waals surface area contributed by atoms with Gasteiger partial charge in [-0.2, -0.15) is 0 Å². The first-order chi connectivity index (χ1) is 9.15. The number of amides is 1. The molecule has 2 rings (SSSR count). The first-order valence-electron chi connectivity index (χ1n) is 6.56. The normalized spacial score (nSPS) is 23.5. The summed E-state index contributed by atoms with van der Waals surface area (Å²) in [6.07, 6.45) is 6.44. The topological polar surface area (TPSA) is 49.3 Å². The average molecular weight is 324 g/mol. The van der Waals surface area contributed by atoms with E-state index in [0.29, 0.717) is 0 Å². The Morgan fingerprint density at radius 3 is 2.63 bits per heavy atom. The Morgan fingerprint density at radius 2 is 1.95 bits per heavy atom. The zero-order valence-corrected chi connectivity index (χ0v) is 12.3. The van der Waals surface area contributed by atoms with Crippen LogP contribution in [0.25, 0.3) is 6.08 Å². The van der Waals surface area contributed by atoms with Crippen LogP contribution in [0.3, 0.4) is 0 Å². The second-order valence-electron chi connectivity index (χ2n) is 4.87. The summed E-state index contributed by atoms with van der Waals surface area (Å²) >= 11 is 3.44. The van der Waals surface area contributed by atoms with Crippen molar-refractivity contribution in [2.75, 3.05) is 0 Å². The Bertz CT molecular complexity index is 465. The first-order valence-corrected chi connectivity index (χ1v) is 7.35. The maximum atomic E-state index is 11.8. The lowest BCUT2D eigenvalue weighted by molar-refractivity contribution is -0.117. The third-order valence-corrected chi connectivity index (χ3v) is 4.08. The Morgan fingerprint density at radius 1 is 1.26 bits per heavy atom. The van der Waals surface area contributed by atoms with E-state index in [1.165, 1.54) is 0 Å². The summed E-state index contributed by atoms with van der Waals surface area (Å²) in [5.74, 6) is -0.0721. The molecule has 0 unspecified atom stereocenters. The average Bonchev–Trinajstić information content (AvgIpc) is 2.40. The highest BCUT2D eigenvalue weighted by molar-refractivity contribution is 9.10. The number of hydrogen-bond acceptors (Lipinski definition) is 2. The van der Waals surface area contributed by atoms with E-state index in [4.69, 9.17) is 0 Å². The molecule has 0 saturated heterocycles. The number of carbonyl (C=O) groups excluding carboxylic acids is 1. The van der Waals surface area contributed by atoms with E-state index in [2.05, 4.69) is 21.2 Å². The Balaban J connectivity index is 1.86. The highest BCUT2D eigenvalue weighted by Gasteiger charge is 2.19. The zero-order valence-electron chi connectivity index (χ0n) is 10.7. The zero-order chi connectivity index (χ0) is 13.7. The lowest BCUT2D eigenvalue weighted by Gasteiger charge is -2.25. The third-order valence-electron chi connectivity index (χ3n) is 3.36. The van der Waals surface area contributed by atoms with Crippen LogP contribution < -0.4 is 5.32 Å². The van der Waals surface area contributed by atoms with Crippen molar-refractivity contribution in [2.45, 2.75) is 37.8 Å². The van der Waals surface area contributed by atoms with Crippen molar-refractivity contribution in [1.82, 2.24) is 5.32 Å². The molecule has 3 nitrogen and oxygen atoms in total. The molecule has 19 heavy (non-hydrogen) atoms. The van der Waals surface area contributed by atoms with Gasteiger partial charge in [-0.15, -0.1) is 0 Å². The number of benzene rings is 1. The van der Waals surface area contributed by atoms with Crippen LogP contribution >= 0.6 is 15.9 Å². The van der Waals surface area contributed by atoms with Crippen LogP contribution in [0.5, 0.6) is 0 Å². The Hall–Kier alpha value is -1.13. The van der Waals surface area contributed by atoms with Crippen LogP contribution in [-0.4, -0.2) is 23.2 Å². The molecule has 0 heterocycles. The van der Waals surface area contributed by atoms with E-state index in [1.807, 2.05) is 24.3 Å². The van der Waals surface area contributed by atoms with Gasteiger partial charge in [0.15, 0.2) is 0 Å². The first kappa shape index (κ1) is 14.3. The number of aliphatic hydroxyl groups is 1. The standard InChI is InChI=1S/C15H18BrNO2/c16-14-4-2-1-3-11(14)5-10-15(19)17-12-6-8-13(18)9-7-12/h1-5,10,12-13,18H,6-9H2,(H,17,19)/b10-5+. The molecule has 102 valence electrons. The van der Waals surface area contributed by atoms with Gasteiger partial charge in [0, 0.05) is 16.6 Å². The number of nitrogens with one attached hydrogen (secondary N) is 1. The van der Waals surface area contributed by atoms with E-state index >= 15 is 0 Å². The minimum absolute atomic E-state index is 0.0721. The molecular formula is C15H18BrNO2. The van der Waals surface area contributed by atoms with Gasteiger partial charge in [-0.3, -0.25) is 4.79 Å². The summed E-state index contributed by atoms with van der Waals surface area (Å²) in [6.45, 7) is 0. The van der Waals surface area contributed by atoms with Gasteiger partial charge in [-0.25, -0.2) is 0 Å². The van der Waals surface area contributed by atoms with Crippen LogP contribution in [0.2, 0.25) is 0 Å². The molecule has 0 bridgehead atoms. The van der Waals surface area contributed by atoms with Gasteiger partial charge in [0.1, 0.15) is 0 Å². The molecule has 1 aromatic rings. The predicted octanol–water partition coefficient (Wildman–Crippen LogP) is 2.88. The van der Waals surface area contributed by atoms with E-state index in [1.54, 1.807) is 12.2 Å². The third kappa shape index (κ3) is 4.48. The number of carbonyl (C=O) groups is 1. The number of hydrogen-bond donors (Lipinski definition) is 2. The minimum Gasteiger partial charge on any atom is -0.393 e. The van der Waals surface area contributed by atoms with Crippen molar-refractivity contribution in [3.05, 3.63) is 40.4 Å². The van der Waals surface area contributed by atoms with Gasteiger partial charge in [0.25, 0.3) is 0 Å². The quantitative estimate of drug-likeness (QED) is 0.840. The van der Waals surface area contributed by atoms with Crippen molar-refractivity contribution in [1.29, 1.82) is 0 Å². The molecule has 1 aliphatic rings. The second kappa shape index (κ2) is 6.87. The summed E-state index contributed by atoms with van der Waals surface area (Å²) in [5, 5.41) is 12.4. The van der Waals surface area contributed by atoms with Gasteiger partial charge >= 0.3 is 0 Å². The molecule has 1 amide bonds. The largest absolute Gasteiger partial charge is 0.393 e. The van der Waals surface area contributed by atoms with Gasteiger partial charge in [0.2, 0.25) is 5.91 Å². The molecule has 1 aliphatic carbocycles. The fraction of sp³-hybridized carbons (Fsp3) is 0.400. The molecule has 1 saturated carbocycles. The van der Waals surface area contributed by atoms with Crippen LogP contribution in [0, 0.1) is 0 Å². The molecule has 0 aromatic heterocycles. The summed E-state index contributed by atoms with van der Waals surface area (Å²) in [5.41, 5.74) is 0.983. The lowest BCUT2D eigenvalue weighted by Crippen LogP contribution is -2.37. The van der Waals surface area contributed by atoms with E-state index in [0.717, 1.165) is 35.7 Å². The van der Waals surface area contributed by atoms with Crippen LogP contribution in [0.1, 0.15) is 31.2 Å². The predicted molar refractivity (Wildman–Crippen MR) is 79.6 cm³/mol. The Labute approximate surface area is 121 Å². The van der Waals surface area contributed by atoms with E-state index < -0.39 is 0 Å². The molecule has 2 N–H and O–H groups in total. The summed E-state index contributed by atoms with van der Waals surface area (Å²) in [4.78, 5) is 11.8. The van der Waals surface area contributed by atoms with Crippen molar-refractivity contribution < 1.29 is 9.90 Å². The Kier molecular flexibility index (Phi) is 5.16. The highest BCUT2D eigenvalue weighted by Crippen LogP contribution is 2.19. The fourth-order valence-corrected chi connectivity index (χ4v) is 2.66. The minimum atomic E-state index is -0.191. The van der Waals surface area contributed by atoms with Crippen LogP contribution in [0.15, 0.2) is 34.8 Å². The van der Waals surface area contributed by atoms with Crippen molar-refractivity contribution in [3.63, 3.8) is 0 Å². The smallest absolute Gasteiger partial charge is 0.244 e. The van der Waals surface area contributed by atoms with Gasteiger partial charge in [-0.05, 0) is 43.4 Å². The highest BCUT2D eigenvalue weighted by atomic mass is 79.9. The number of halogens is 1. The maximum absolute atomic E-state index is 11.8. The molecule has 0 spiro atoms. The summed E-state index contributed by atoms with van der Waals surface area (Å²) in [7, 11) is 0. The fourth-order valence-electron chi connectivity index (χ4n) is 2.25. The van der Waals surface area contributed by atoms with E-state index in [9.17, 15) is 9.90 Å². The van der Waals surface area contributed by atoms with Gasteiger partial charge < -0.3 is 10.4 Å². The SMILES string of the molecule is O=C(/C=C/c1ccccc1Br)NC1CCC(O)CC1. The molecule has 4 heteroatoms. The molecular weight excluding hydrogens is 306 g/mol. The molecule has 1 fully saturated rings. The number of rotatable bonds is 3. The van der Waals surface area contributed by atoms with Crippen molar-refractivity contribution in [2.24, 2.45) is 0 Å². The molecule has 0 radical (unpaired) electrons. The lowest BCUT2D eigenvalue weighted by atomic mass is 9.93. The monoisotopic (exact) mass is 323 g/mol. The summed E-state index contributed by atoms with van der Waals surface area (Å²) in [6, 6.07) is 7.96. The van der Waals surface area contributed by atoms with Gasteiger partial charge in [0.05, 0.1) is 6.10 Å². The maximum Gasteiger partial charge on any atom is 0.244 e. The summed E-state index contributed by atoms with van der Waals surface area (Å²) < 4.78 is 0.972. The van der Waals surface area contributed by atoms with Crippen LogP contribution in [0.4, 0.5) is 0 Å². The van der Waals surface area contributed by atoms with Crippen LogP contribution in [-0.2, 0) is 4.79 Å². The molecule has 1 aromatic carbocycles. The second-order valence-corrected chi connectivity index (χ2v) is 5.72. The number of aliphatic hydroxyl groups excluding tert-OH is 1. The van der Waals surface area contributed by atoms with Crippen molar-refractivity contribution in [3.8, 4) is 0 Å². The van der Waals surface area contributed by atoms with Crippen molar-refractivity contribution >= 4 is 27.9 Å². The molecule has 0 aliphatic heterocycles. The molecule has 0 atom stereocenters. The van der Waals surface area contributed by atoms with E-state index in [-0.39, 0.29) is 18.1 Å². The van der Waals surface area contributed by atoms with Gasteiger partial charge in [-0.1, -0.05) is 34.1 Å².